The van der Waals surface area contributed by atoms with E-state index < -0.39 is 0 Å². The fourth-order valence-corrected chi connectivity index (χ4v) is 3.76. The molecule has 2 aromatic carbocycles. The molecule has 0 saturated carbocycles. The summed E-state index contributed by atoms with van der Waals surface area (Å²) >= 11 is 6.19. The van der Waals surface area contributed by atoms with Gasteiger partial charge in [-0.15, -0.1) is 0 Å². The maximum absolute atomic E-state index is 12.7. The average Bonchev–Trinajstić information content (AvgIpc) is 2.50. The van der Waals surface area contributed by atoms with Gasteiger partial charge in [0.15, 0.2) is 5.52 Å². The molecule has 3 nitrogen and oxygen atoms in total. The van der Waals surface area contributed by atoms with Crippen LogP contribution in [0.15, 0.2) is 36.4 Å². The van der Waals surface area contributed by atoms with Crippen molar-refractivity contribution in [1.29, 1.82) is 0 Å². The van der Waals surface area contributed by atoms with Crippen molar-refractivity contribution in [2.45, 2.75) is 20.8 Å². The zero-order valence-electron chi connectivity index (χ0n) is 13.5. The highest BCUT2D eigenvalue weighted by atomic mass is 35.5. The summed E-state index contributed by atoms with van der Waals surface area (Å²) in [7, 11) is -0.0483. The third-order valence-corrected chi connectivity index (χ3v) is 4.74. The standard InChI is InChI=1S/C18H20ClO3P/c1-4-21-13-9-10-16(15(11-13)22-5-2)23-18(20)17-12(3)7-6-8-14(17)19/h6-11,23H,4-5H2,1-3H3. The molecule has 1 unspecified atom stereocenters. The number of carbonyl (C=O) groups excluding carboxylic acids is 1. The van der Waals surface area contributed by atoms with Crippen molar-refractivity contribution >= 4 is 31.0 Å². The van der Waals surface area contributed by atoms with Crippen molar-refractivity contribution < 1.29 is 14.3 Å². The van der Waals surface area contributed by atoms with E-state index in [9.17, 15) is 4.79 Å². The van der Waals surface area contributed by atoms with Gasteiger partial charge in [-0.3, -0.25) is 4.79 Å². The summed E-state index contributed by atoms with van der Waals surface area (Å²) < 4.78 is 11.2. The van der Waals surface area contributed by atoms with Crippen molar-refractivity contribution in [1.82, 2.24) is 0 Å². The quantitative estimate of drug-likeness (QED) is 0.685. The molecule has 2 aromatic rings. The van der Waals surface area contributed by atoms with Crippen molar-refractivity contribution in [3.63, 3.8) is 0 Å². The zero-order chi connectivity index (χ0) is 16.8. The predicted molar refractivity (Wildman–Crippen MR) is 97.2 cm³/mol. The van der Waals surface area contributed by atoms with Crippen LogP contribution in [0.3, 0.4) is 0 Å². The number of benzene rings is 2. The molecule has 23 heavy (non-hydrogen) atoms. The molecule has 0 radical (unpaired) electrons. The van der Waals surface area contributed by atoms with E-state index in [-0.39, 0.29) is 14.1 Å². The van der Waals surface area contributed by atoms with Gasteiger partial charge >= 0.3 is 0 Å². The molecule has 0 N–H and O–H groups in total. The molecule has 5 heteroatoms. The zero-order valence-corrected chi connectivity index (χ0v) is 15.2. The van der Waals surface area contributed by atoms with Crippen molar-refractivity contribution in [3.05, 3.63) is 52.5 Å². The van der Waals surface area contributed by atoms with Gasteiger partial charge in [0.05, 0.1) is 18.2 Å². The first-order chi connectivity index (χ1) is 11.1. The number of rotatable bonds is 7. The molecule has 0 aliphatic carbocycles. The molecule has 0 fully saturated rings. The molecular formula is C18H20ClO3P. The lowest BCUT2D eigenvalue weighted by molar-refractivity contribution is 0.108. The topological polar surface area (TPSA) is 35.5 Å². The Bertz CT molecular complexity index is 680. The smallest absolute Gasteiger partial charge is 0.187 e. The molecule has 0 aliphatic rings. The van der Waals surface area contributed by atoms with Gasteiger partial charge in [0, 0.05) is 16.9 Å². The van der Waals surface area contributed by atoms with E-state index in [0.29, 0.717) is 29.5 Å². The molecule has 0 aliphatic heterocycles. The summed E-state index contributed by atoms with van der Waals surface area (Å²) in [6, 6.07) is 11.1. The summed E-state index contributed by atoms with van der Waals surface area (Å²) in [5, 5.41) is 1.35. The Morgan fingerprint density at radius 3 is 2.52 bits per heavy atom. The summed E-state index contributed by atoms with van der Waals surface area (Å²) in [6.45, 7) is 6.86. The van der Waals surface area contributed by atoms with Crippen LogP contribution in [-0.4, -0.2) is 18.7 Å². The second kappa shape index (κ2) is 8.33. The largest absolute Gasteiger partial charge is 0.494 e. The minimum Gasteiger partial charge on any atom is -0.494 e. The highest BCUT2D eigenvalue weighted by Crippen LogP contribution is 2.31. The van der Waals surface area contributed by atoms with Gasteiger partial charge in [-0.25, -0.2) is 0 Å². The normalized spacial score (nSPS) is 11.0. The second-order valence-corrected chi connectivity index (χ2v) is 6.56. The van der Waals surface area contributed by atoms with Crippen LogP contribution in [0.2, 0.25) is 5.02 Å². The summed E-state index contributed by atoms with van der Waals surface area (Å²) in [5.74, 6) is 1.43. The lowest BCUT2D eigenvalue weighted by atomic mass is 10.1. The highest BCUT2D eigenvalue weighted by Gasteiger charge is 2.16. The van der Waals surface area contributed by atoms with Gasteiger partial charge in [0.1, 0.15) is 11.5 Å². The van der Waals surface area contributed by atoms with Crippen LogP contribution >= 0.6 is 20.2 Å². The molecule has 0 spiro atoms. The van der Waals surface area contributed by atoms with Crippen molar-refractivity contribution in [2.24, 2.45) is 0 Å². The average molecular weight is 351 g/mol. The van der Waals surface area contributed by atoms with Crippen LogP contribution in [-0.2, 0) is 0 Å². The molecule has 0 amide bonds. The number of halogens is 1. The molecule has 122 valence electrons. The molecule has 1 atom stereocenters. The van der Waals surface area contributed by atoms with E-state index in [1.807, 2.05) is 51.1 Å². The van der Waals surface area contributed by atoms with Gasteiger partial charge in [0.2, 0.25) is 0 Å². The van der Waals surface area contributed by atoms with E-state index >= 15 is 0 Å². The van der Waals surface area contributed by atoms with Gasteiger partial charge in [-0.1, -0.05) is 23.7 Å². The lowest BCUT2D eigenvalue weighted by Crippen LogP contribution is -2.09. The van der Waals surface area contributed by atoms with Gasteiger partial charge < -0.3 is 9.47 Å². The third kappa shape index (κ3) is 4.46. The SMILES string of the molecule is CCOc1ccc(PC(=O)c2c(C)cccc2Cl)c(OCC)c1. The van der Waals surface area contributed by atoms with Crippen LogP contribution in [0.1, 0.15) is 29.8 Å². The summed E-state index contributed by atoms with van der Waals surface area (Å²) in [6.07, 6.45) is 0. The van der Waals surface area contributed by atoms with Crippen LogP contribution in [0.25, 0.3) is 0 Å². The number of ether oxygens (including phenoxy) is 2. The maximum atomic E-state index is 12.7. The van der Waals surface area contributed by atoms with Crippen LogP contribution < -0.4 is 14.8 Å². The molecule has 0 heterocycles. The number of hydrogen-bond acceptors (Lipinski definition) is 3. The Morgan fingerprint density at radius 1 is 1.13 bits per heavy atom. The molecular weight excluding hydrogens is 331 g/mol. The number of carbonyl (C=O) groups is 1. The fourth-order valence-electron chi connectivity index (χ4n) is 2.24. The second-order valence-electron chi connectivity index (χ2n) is 4.91. The first kappa shape index (κ1) is 17.8. The Hall–Kier alpha value is -1.57. The van der Waals surface area contributed by atoms with E-state index in [2.05, 4.69) is 0 Å². The van der Waals surface area contributed by atoms with Gasteiger partial charge in [-0.2, -0.15) is 0 Å². The predicted octanol–water partition coefficient (Wildman–Crippen LogP) is 4.59. The molecule has 2 rings (SSSR count). The summed E-state index contributed by atoms with van der Waals surface area (Å²) in [5.41, 5.74) is 1.49. The van der Waals surface area contributed by atoms with E-state index in [1.54, 1.807) is 6.07 Å². The molecule has 0 bridgehead atoms. The summed E-state index contributed by atoms with van der Waals surface area (Å²) in [4.78, 5) is 12.7. The monoisotopic (exact) mass is 350 g/mol. The van der Waals surface area contributed by atoms with Gasteiger partial charge in [-0.05, 0) is 53.1 Å². The van der Waals surface area contributed by atoms with Crippen molar-refractivity contribution in [2.75, 3.05) is 13.2 Å². The van der Waals surface area contributed by atoms with Gasteiger partial charge in [0.25, 0.3) is 0 Å². The Balaban J connectivity index is 2.30. The van der Waals surface area contributed by atoms with Crippen LogP contribution in [0, 0.1) is 6.92 Å². The Kier molecular flexibility index (Phi) is 6.44. The first-order valence-corrected chi connectivity index (χ1v) is 8.90. The third-order valence-electron chi connectivity index (χ3n) is 3.26. The van der Waals surface area contributed by atoms with Crippen molar-refractivity contribution in [3.8, 4) is 11.5 Å². The van der Waals surface area contributed by atoms with E-state index in [0.717, 1.165) is 16.6 Å². The Labute approximate surface area is 143 Å². The molecule has 0 aromatic heterocycles. The molecule has 0 saturated heterocycles. The maximum Gasteiger partial charge on any atom is 0.187 e. The first-order valence-electron chi connectivity index (χ1n) is 7.52. The minimum absolute atomic E-state index is 0.0122. The van der Waals surface area contributed by atoms with Crippen LogP contribution in [0.4, 0.5) is 0 Å². The number of aryl methyl sites for hydroxylation is 1. The minimum atomic E-state index is -0.0483. The fraction of sp³-hybridized carbons (Fsp3) is 0.278. The van der Waals surface area contributed by atoms with E-state index in [4.69, 9.17) is 21.1 Å². The van der Waals surface area contributed by atoms with E-state index in [1.165, 1.54) is 0 Å². The van der Waals surface area contributed by atoms with Crippen LogP contribution in [0.5, 0.6) is 11.5 Å². The lowest BCUT2D eigenvalue weighted by Gasteiger charge is -2.13. The number of hydrogen-bond donors (Lipinski definition) is 0. The Morgan fingerprint density at radius 2 is 1.87 bits per heavy atom. The highest BCUT2D eigenvalue weighted by molar-refractivity contribution is 7.66.